The van der Waals surface area contributed by atoms with Crippen LogP contribution in [0.3, 0.4) is 0 Å². The molecule has 3 aromatic carbocycles. The third-order valence-electron chi connectivity index (χ3n) is 5.25. The normalized spacial score (nSPS) is 14.1. The van der Waals surface area contributed by atoms with Gasteiger partial charge in [0.05, 0.1) is 23.8 Å². The number of hydrogen-bond donors (Lipinski definition) is 1. The van der Waals surface area contributed by atoms with Gasteiger partial charge >= 0.3 is 0 Å². The average molecular weight is 553 g/mol. The fourth-order valence-corrected chi connectivity index (χ4v) is 4.87. The Bertz CT molecular complexity index is 1360. The van der Waals surface area contributed by atoms with Gasteiger partial charge in [0.15, 0.2) is 22.4 Å². The van der Waals surface area contributed by atoms with Gasteiger partial charge in [-0.3, -0.25) is 14.5 Å². The van der Waals surface area contributed by atoms with Crippen LogP contribution in [0.2, 0.25) is 0 Å². The third-order valence-corrected chi connectivity index (χ3v) is 6.55. The molecule has 38 heavy (non-hydrogen) atoms. The fourth-order valence-electron chi connectivity index (χ4n) is 3.58. The summed E-state index contributed by atoms with van der Waals surface area (Å²) in [5.41, 5.74) is 1.84. The van der Waals surface area contributed by atoms with Gasteiger partial charge in [-0.05, 0) is 86.2 Å². The number of nitrogens with one attached hydrogen (secondary N) is 1. The van der Waals surface area contributed by atoms with Gasteiger partial charge in [-0.2, -0.15) is 0 Å². The third kappa shape index (κ3) is 6.70. The lowest BCUT2D eigenvalue weighted by Crippen LogP contribution is -2.27. The van der Waals surface area contributed by atoms with Gasteiger partial charge in [-0.1, -0.05) is 30.0 Å². The summed E-state index contributed by atoms with van der Waals surface area (Å²) >= 11 is 6.69. The summed E-state index contributed by atoms with van der Waals surface area (Å²) in [5, 5.41) is 2.64. The molecule has 0 aliphatic carbocycles. The zero-order valence-electron chi connectivity index (χ0n) is 20.7. The van der Waals surface area contributed by atoms with Crippen LogP contribution in [0.4, 0.5) is 15.8 Å². The number of hydrogen-bond acceptors (Lipinski definition) is 7. The standard InChI is InChI=1S/C28H25FN2O5S2/c1-3-34-22-12-10-21(11-13-22)31-27(33)25(38-28(31)37)16-18-5-14-23(24(15-18)35-4-2)36-17-26(32)30-20-8-6-19(29)7-9-20/h5-16H,3-4,17H2,1-2H3,(H,30,32)/b25-16-. The van der Waals surface area contributed by atoms with Crippen molar-refractivity contribution in [2.45, 2.75) is 13.8 Å². The van der Waals surface area contributed by atoms with Crippen LogP contribution in [-0.2, 0) is 9.59 Å². The molecule has 4 rings (SSSR count). The lowest BCUT2D eigenvalue weighted by molar-refractivity contribution is -0.118. The Hall–Kier alpha value is -3.89. The van der Waals surface area contributed by atoms with Crippen LogP contribution in [0.25, 0.3) is 6.08 Å². The van der Waals surface area contributed by atoms with Crippen LogP contribution in [0.5, 0.6) is 17.2 Å². The highest BCUT2D eigenvalue weighted by atomic mass is 32.2. The van der Waals surface area contributed by atoms with Crippen molar-refractivity contribution in [2.75, 3.05) is 30.0 Å². The number of halogens is 1. The first-order chi connectivity index (χ1) is 18.4. The first-order valence-electron chi connectivity index (χ1n) is 11.8. The number of ether oxygens (including phenoxy) is 3. The van der Waals surface area contributed by atoms with Gasteiger partial charge in [0.2, 0.25) is 0 Å². The van der Waals surface area contributed by atoms with E-state index in [-0.39, 0.29) is 18.3 Å². The number of rotatable bonds is 10. The fraction of sp³-hybridized carbons (Fsp3) is 0.179. The lowest BCUT2D eigenvalue weighted by atomic mass is 10.1. The summed E-state index contributed by atoms with van der Waals surface area (Å²) < 4.78 is 30.3. The van der Waals surface area contributed by atoms with Crippen LogP contribution in [-0.4, -0.2) is 36.0 Å². The van der Waals surface area contributed by atoms with Crippen LogP contribution in [0.1, 0.15) is 19.4 Å². The first-order valence-corrected chi connectivity index (χ1v) is 13.1. The summed E-state index contributed by atoms with van der Waals surface area (Å²) in [7, 11) is 0. The smallest absolute Gasteiger partial charge is 0.270 e. The monoisotopic (exact) mass is 552 g/mol. The maximum atomic E-state index is 13.2. The zero-order chi connectivity index (χ0) is 27.1. The largest absolute Gasteiger partial charge is 0.494 e. The molecule has 7 nitrogen and oxygen atoms in total. The average Bonchev–Trinajstić information content (AvgIpc) is 3.18. The van der Waals surface area contributed by atoms with Crippen molar-refractivity contribution in [1.29, 1.82) is 0 Å². The van der Waals surface area contributed by atoms with E-state index in [2.05, 4.69) is 5.32 Å². The van der Waals surface area contributed by atoms with Crippen molar-refractivity contribution >= 4 is 57.6 Å². The molecule has 0 spiro atoms. The molecular formula is C28H25FN2O5S2. The summed E-state index contributed by atoms with van der Waals surface area (Å²) in [4.78, 5) is 27.4. The van der Waals surface area contributed by atoms with Gasteiger partial charge < -0.3 is 19.5 Å². The van der Waals surface area contributed by atoms with E-state index < -0.39 is 5.91 Å². The molecule has 0 atom stereocenters. The van der Waals surface area contributed by atoms with Gasteiger partial charge in [-0.25, -0.2) is 4.39 Å². The molecule has 0 saturated carbocycles. The Morgan fingerprint density at radius 1 is 0.974 bits per heavy atom. The topological polar surface area (TPSA) is 77.1 Å². The minimum atomic E-state index is -0.402. The number of nitrogens with zero attached hydrogens (tertiary/aromatic N) is 1. The van der Waals surface area contributed by atoms with Gasteiger partial charge in [0.1, 0.15) is 11.6 Å². The Morgan fingerprint density at radius 2 is 1.68 bits per heavy atom. The van der Waals surface area contributed by atoms with Crippen LogP contribution < -0.4 is 24.4 Å². The molecule has 1 N–H and O–H groups in total. The second-order valence-corrected chi connectivity index (χ2v) is 9.60. The molecule has 1 aliphatic heterocycles. The SMILES string of the molecule is CCOc1ccc(N2C(=O)/C(=C/c3ccc(OCC(=O)Nc4ccc(F)cc4)c(OCC)c3)SC2=S)cc1. The summed E-state index contributed by atoms with van der Waals surface area (Å²) in [6.45, 7) is 4.40. The van der Waals surface area contributed by atoms with E-state index in [1.807, 2.05) is 13.8 Å². The van der Waals surface area contributed by atoms with Crippen LogP contribution in [0.15, 0.2) is 71.6 Å². The Morgan fingerprint density at radius 3 is 2.37 bits per heavy atom. The minimum absolute atomic E-state index is 0.222. The number of benzene rings is 3. The Labute approximate surface area is 229 Å². The molecule has 1 aliphatic rings. The molecule has 1 fully saturated rings. The maximum absolute atomic E-state index is 13.2. The highest BCUT2D eigenvalue weighted by Gasteiger charge is 2.33. The molecule has 0 aromatic heterocycles. The van der Waals surface area contributed by atoms with Gasteiger partial charge in [0, 0.05) is 5.69 Å². The van der Waals surface area contributed by atoms with Gasteiger partial charge in [-0.15, -0.1) is 0 Å². The minimum Gasteiger partial charge on any atom is -0.494 e. The van der Waals surface area contributed by atoms with Crippen molar-refractivity contribution in [1.82, 2.24) is 0 Å². The Balaban J connectivity index is 1.45. The van der Waals surface area contributed by atoms with Crippen LogP contribution in [0, 0.1) is 5.82 Å². The molecule has 10 heteroatoms. The molecule has 0 radical (unpaired) electrons. The van der Waals surface area contributed by atoms with E-state index in [9.17, 15) is 14.0 Å². The predicted molar refractivity (Wildman–Crippen MR) is 151 cm³/mol. The second-order valence-electron chi connectivity index (χ2n) is 7.93. The zero-order valence-corrected chi connectivity index (χ0v) is 22.4. The molecule has 0 unspecified atom stereocenters. The number of carbonyl (C=O) groups excluding carboxylic acids is 2. The highest BCUT2D eigenvalue weighted by molar-refractivity contribution is 8.27. The van der Waals surface area contributed by atoms with Crippen molar-refractivity contribution in [3.63, 3.8) is 0 Å². The quantitative estimate of drug-likeness (QED) is 0.243. The Kier molecular flexibility index (Phi) is 8.98. The van der Waals surface area contributed by atoms with Crippen LogP contribution >= 0.6 is 24.0 Å². The molecule has 1 heterocycles. The van der Waals surface area contributed by atoms with E-state index >= 15 is 0 Å². The number of thiocarbonyl (C=S) groups is 1. The predicted octanol–water partition coefficient (Wildman–Crippen LogP) is 6.05. The van der Waals surface area contributed by atoms with E-state index in [0.717, 1.165) is 5.75 Å². The summed E-state index contributed by atoms with van der Waals surface area (Å²) in [6.07, 6.45) is 1.74. The number of thioether (sulfide) groups is 1. The van der Waals surface area contributed by atoms with E-state index in [1.165, 1.54) is 40.9 Å². The molecule has 1 saturated heterocycles. The van der Waals surface area contributed by atoms with Crippen molar-refractivity contribution < 1.29 is 28.2 Å². The summed E-state index contributed by atoms with van der Waals surface area (Å²) in [5.74, 6) is 0.508. The van der Waals surface area contributed by atoms with Gasteiger partial charge in [0.25, 0.3) is 11.8 Å². The maximum Gasteiger partial charge on any atom is 0.270 e. The molecule has 3 aromatic rings. The first kappa shape index (κ1) is 27.2. The van der Waals surface area contributed by atoms with Crippen molar-refractivity contribution in [3.05, 3.63) is 83.0 Å². The molecule has 196 valence electrons. The van der Waals surface area contributed by atoms with E-state index in [0.29, 0.717) is 50.9 Å². The van der Waals surface area contributed by atoms with Crippen molar-refractivity contribution in [2.24, 2.45) is 0 Å². The number of anilines is 2. The number of amides is 2. The van der Waals surface area contributed by atoms with E-state index in [1.54, 1.807) is 48.5 Å². The second kappa shape index (κ2) is 12.6. The molecular weight excluding hydrogens is 527 g/mol. The molecule has 2 amide bonds. The lowest BCUT2D eigenvalue weighted by Gasteiger charge is -2.15. The number of carbonyl (C=O) groups is 2. The highest BCUT2D eigenvalue weighted by Crippen LogP contribution is 2.37. The van der Waals surface area contributed by atoms with Crippen molar-refractivity contribution in [3.8, 4) is 17.2 Å². The molecule has 0 bridgehead atoms. The van der Waals surface area contributed by atoms with E-state index in [4.69, 9.17) is 26.4 Å². The summed E-state index contributed by atoms with van der Waals surface area (Å²) in [6, 6.07) is 17.8.